The SMILES string of the molecule is CCOC(=O)c1c(NC(=S)Nc2ccc([N+](=O)[O-])cc2Cl)sc2c1CCCC2. The lowest BCUT2D eigenvalue weighted by Crippen LogP contribution is -2.20. The molecule has 0 amide bonds. The molecule has 1 aliphatic carbocycles. The maximum atomic E-state index is 12.5. The molecule has 0 saturated heterocycles. The third-order valence-electron chi connectivity index (χ3n) is 4.29. The van der Waals surface area contributed by atoms with Crippen molar-refractivity contribution in [1.82, 2.24) is 0 Å². The van der Waals surface area contributed by atoms with E-state index in [1.165, 1.54) is 34.4 Å². The molecule has 0 fully saturated rings. The Hall–Kier alpha value is -2.23. The molecule has 0 spiro atoms. The fourth-order valence-electron chi connectivity index (χ4n) is 3.05. The number of hydrogen-bond donors (Lipinski definition) is 2. The molecule has 2 N–H and O–H groups in total. The highest BCUT2D eigenvalue weighted by atomic mass is 35.5. The number of nitro groups is 1. The van der Waals surface area contributed by atoms with Crippen LogP contribution in [0.4, 0.5) is 16.4 Å². The predicted molar refractivity (Wildman–Crippen MR) is 115 cm³/mol. The lowest BCUT2D eigenvalue weighted by Gasteiger charge is -2.13. The number of fused-ring (bicyclic) bond motifs is 1. The summed E-state index contributed by atoms with van der Waals surface area (Å²) >= 11 is 13.0. The number of ether oxygens (including phenoxy) is 1. The second kappa shape index (κ2) is 8.85. The number of carbonyl (C=O) groups is 1. The van der Waals surface area contributed by atoms with E-state index in [9.17, 15) is 14.9 Å². The molecule has 1 aliphatic rings. The Morgan fingerprint density at radius 1 is 1.36 bits per heavy atom. The molecule has 0 saturated carbocycles. The molecule has 28 heavy (non-hydrogen) atoms. The molecule has 0 atom stereocenters. The molecule has 0 bridgehead atoms. The molecule has 10 heteroatoms. The summed E-state index contributed by atoms with van der Waals surface area (Å²) in [6, 6.07) is 4.07. The summed E-state index contributed by atoms with van der Waals surface area (Å²) in [6.07, 6.45) is 3.91. The normalized spacial score (nSPS) is 12.8. The van der Waals surface area contributed by atoms with Crippen molar-refractivity contribution in [3.05, 3.63) is 49.3 Å². The highest BCUT2D eigenvalue weighted by Gasteiger charge is 2.26. The smallest absolute Gasteiger partial charge is 0.341 e. The molecule has 1 aromatic carbocycles. The van der Waals surface area contributed by atoms with E-state index in [1.54, 1.807) is 6.92 Å². The van der Waals surface area contributed by atoms with Crippen LogP contribution in [0.25, 0.3) is 0 Å². The van der Waals surface area contributed by atoms with Gasteiger partial charge in [0.2, 0.25) is 0 Å². The Morgan fingerprint density at radius 3 is 2.79 bits per heavy atom. The van der Waals surface area contributed by atoms with Crippen molar-refractivity contribution in [2.75, 3.05) is 17.2 Å². The molecule has 0 radical (unpaired) electrons. The van der Waals surface area contributed by atoms with Crippen LogP contribution < -0.4 is 10.6 Å². The van der Waals surface area contributed by atoms with Crippen molar-refractivity contribution < 1.29 is 14.5 Å². The molecule has 7 nitrogen and oxygen atoms in total. The van der Waals surface area contributed by atoms with Crippen LogP contribution in [0.5, 0.6) is 0 Å². The highest BCUT2D eigenvalue weighted by molar-refractivity contribution is 7.80. The Balaban J connectivity index is 1.81. The molecular weight excluding hydrogens is 422 g/mol. The molecule has 0 aliphatic heterocycles. The zero-order chi connectivity index (χ0) is 20.3. The van der Waals surface area contributed by atoms with E-state index in [-0.39, 0.29) is 21.8 Å². The van der Waals surface area contributed by atoms with Gasteiger partial charge in [-0.15, -0.1) is 11.3 Å². The summed E-state index contributed by atoms with van der Waals surface area (Å²) in [7, 11) is 0. The minimum absolute atomic E-state index is 0.107. The first-order valence-corrected chi connectivity index (χ1v) is 10.3. The first-order valence-electron chi connectivity index (χ1n) is 8.74. The molecule has 1 aromatic heterocycles. The number of anilines is 2. The average Bonchev–Trinajstić information content (AvgIpc) is 3.01. The Labute approximate surface area is 176 Å². The predicted octanol–water partition coefficient (Wildman–Crippen LogP) is 5.17. The summed E-state index contributed by atoms with van der Waals surface area (Å²) in [6.45, 7) is 2.07. The molecular formula is C18H18ClN3O4S2. The number of non-ortho nitro benzene ring substituents is 1. The minimum Gasteiger partial charge on any atom is -0.462 e. The van der Waals surface area contributed by atoms with Gasteiger partial charge in [0.05, 0.1) is 27.8 Å². The monoisotopic (exact) mass is 439 g/mol. The van der Waals surface area contributed by atoms with Gasteiger partial charge in [0.25, 0.3) is 5.69 Å². The number of nitrogens with zero attached hydrogens (tertiary/aromatic N) is 1. The van der Waals surface area contributed by atoms with Gasteiger partial charge in [0.1, 0.15) is 5.00 Å². The van der Waals surface area contributed by atoms with Gasteiger partial charge >= 0.3 is 5.97 Å². The van der Waals surface area contributed by atoms with Gasteiger partial charge < -0.3 is 15.4 Å². The van der Waals surface area contributed by atoms with Gasteiger partial charge in [-0.2, -0.15) is 0 Å². The zero-order valence-electron chi connectivity index (χ0n) is 15.0. The number of rotatable bonds is 5. The number of esters is 1. The minimum atomic E-state index is -0.520. The van der Waals surface area contributed by atoms with E-state index in [0.717, 1.165) is 31.2 Å². The van der Waals surface area contributed by atoms with Crippen molar-refractivity contribution >= 4 is 62.6 Å². The zero-order valence-corrected chi connectivity index (χ0v) is 17.4. The highest BCUT2D eigenvalue weighted by Crippen LogP contribution is 2.38. The van der Waals surface area contributed by atoms with Crippen LogP contribution in [0.3, 0.4) is 0 Å². The molecule has 0 unspecified atom stereocenters. The number of halogens is 1. The van der Waals surface area contributed by atoms with Gasteiger partial charge in [-0.05, 0) is 56.5 Å². The van der Waals surface area contributed by atoms with E-state index < -0.39 is 4.92 Å². The topological polar surface area (TPSA) is 93.5 Å². The summed E-state index contributed by atoms with van der Waals surface area (Å²) in [5.74, 6) is -0.361. The van der Waals surface area contributed by atoms with E-state index in [2.05, 4.69) is 10.6 Å². The summed E-state index contributed by atoms with van der Waals surface area (Å²) in [5.41, 5.74) is 1.91. The van der Waals surface area contributed by atoms with Crippen molar-refractivity contribution in [3.63, 3.8) is 0 Å². The Morgan fingerprint density at radius 2 is 2.11 bits per heavy atom. The number of benzene rings is 1. The fourth-order valence-corrected chi connectivity index (χ4v) is 4.83. The standard InChI is InChI=1S/C18H18ClN3O4S2/c1-2-26-17(23)15-11-5-3-4-6-14(11)28-16(15)21-18(27)20-13-8-7-10(22(24)25)9-12(13)19/h7-9H,2-6H2,1H3,(H2,20,21,27). The van der Waals surface area contributed by atoms with Crippen LogP contribution in [0.1, 0.15) is 40.6 Å². The third-order valence-corrected chi connectivity index (χ3v) is 6.01. The van der Waals surface area contributed by atoms with Crippen molar-refractivity contribution in [2.45, 2.75) is 32.6 Å². The third kappa shape index (κ3) is 4.43. The van der Waals surface area contributed by atoms with Crippen LogP contribution in [-0.2, 0) is 17.6 Å². The van der Waals surface area contributed by atoms with E-state index >= 15 is 0 Å². The number of nitro benzene ring substituents is 1. The lowest BCUT2D eigenvalue weighted by molar-refractivity contribution is -0.384. The van der Waals surface area contributed by atoms with E-state index in [4.69, 9.17) is 28.6 Å². The lowest BCUT2D eigenvalue weighted by atomic mass is 9.95. The fraction of sp³-hybridized carbons (Fsp3) is 0.333. The number of thiocarbonyl (C=S) groups is 1. The second-order valence-corrected chi connectivity index (χ2v) is 8.06. The van der Waals surface area contributed by atoms with E-state index in [0.29, 0.717) is 22.9 Å². The maximum absolute atomic E-state index is 12.5. The van der Waals surface area contributed by atoms with Gasteiger partial charge in [-0.25, -0.2) is 4.79 Å². The number of carbonyl (C=O) groups excluding carboxylic acids is 1. The van der Waals surface area contributed by atoms with Gasteiger partial charge in [0, 0.05) is 17.0 Å². The van der Waals surface area contributed by atoms with E-state index in [1.807, 2.05) is 0 Å². The Kier molecular flexibility index (Phi) is 6.48. The average molecular weight is 440 g/mol. The molecule has 2 aromatic rings. The number of nitrogens with one attached hydrogen (secondary N) is 2. The van der Waals surface area contributed by atoms with Gasteiger partial charge in [-0.1, -0.05) is 11.6 Å². The van der Waals surface area contributed by atoms with Crippen molar-refractivity contribution in [2.24, 2.45) is 0 Å². The maximum Gasteiger partial charge on any atom is 0.341 e. The molecule has 3 rings (SSSR count). The quantitative estimate of drug-likeness (QED) is 0.287. The van der Waals surface area contributed by atoms with Crippen LogP contribution in [0, 0.1) is 10.1 Å². The summed E-state index contributed by atoms with van der Waals surface area (Å²) in [5, 5.41) is 17.9. The van der Waals surface area contributed by atoms with Crippen LogP contribution >= 0.6 is 35.2 Å². The van der Waals surface area contributed by atoms with Crippen LogP contribution in [0.2, 0.25) is 5.02 Å². The summed E-state index contributed by atoms with van der Waals surface area (Å²) in [4.78, 5) is 24.0. The van der Waals surface area contributed by atoms with Crippen LogP contribution in [0.15, 0.2) is 18.2 Å². The number of aryl methyl sites for hydroxylation is 1. The first-order chi connectivity index (χ1) is 13.4. The van der Waals surface area contributed by atoms with Gasteiger partial charge in [0.15, 0.2) is 5.11 Å². The molecule has 148 valence electrons. The van der Waals surface area contributed by atoms with Gasteiger partial charge in [-0.3, -0.25) is 10.1 Å². The number of hydrogen-bond acceptors (Lipinski definition) is 6. The second-order valence-electron chi connectivity index (χ2n) is 6.14. The van der Waals surface area contributed by atoms with Crippen molar-refractivity contribution in [1.29, 1.82) is 0 Å². The number of thiophene rings is 1. The largest absolute Gasteiger partial charge is 0.462 e. The molecule has 1 heterocycles. The summed E-state index contributed by atoms with van der Waals surface area (Å²) < 4.78 is 5.23. The Bertz CT molecular complexity index is 945. The van der Waals surface area contributed by atoms with Crippen molar-refractivity contribution in [3.8, 4) is 0 Å². The first kappa shape index (κ1) is 20.5. The van der Waals surface area contributed by atoms with Crippen LogP contribution in [-0.4, -0.2) is 22.6 Å².